The normalized spacial score (nSPS) is 15.0. The highest BCUT2D eigenvalue weighted by Gasteiger charge is 2.37. The van der Waals surface area contributed by atoms with E-state index in [1.165, 1.54) is 18.2 Å². The van der Waals surface area contributed by atoms with Crippen LogP contribution in [-0.2, 0) is 4.79 Å². The van der Waals surface area contributed by atoms with Gasteiger partial charge in [0.15, 0.2) is 0 Å². The Hall–Kier alpha value is -2.26. The van der Waals surface area contributed by atoms with Crippen molar-refractivity contribution in [3.63, 3.8) is 0 Å². The van der Waals surface area contributed by atoms with Crippen LogP contribution in [0.25, 0.3) is 0 Å². The van der Waals surface area contributed by atoms with E-state index in [1.807, 2.05) is 6.07 Å². The number of amides is 2. The van der Waals surface area contributed by atoms with Gasteiger partial charge in [-0.15, -0.1) is 0 Å². The summed E-state index contributed by atoms with van der Waals surface area (Å²) < 4.78 is 0. The van der Waals surface area contributed by atoms with Crippen LogP contribution in [0.4, 0.5) is 10.5 Å². The molecular formula is C13H12ClN3O3. The molecule has 104 valence electrons. The average Bonchev–Trinajstić information content (AvgIpc) is 3.22. The van der Waals surface area contributed by atoms with Crippen molar-refractivity contribution in [3.05, 3.63) is 28.8 Å². The maximum absolute atomic E-state index is 11.8. The van der Waals surface area contributed by atoms with Crippen LogP contribution in [0.2, 0.25) is 5.02 Å². The fraction of sp³-hybridized carbons (Fsp3) is 0.308. The van der Waals surface area contributed by atoms with Crippen LogP contribution in [-0.4, -0.2) is 23.1 Å². The third-order valence-electron chi connectivity index (χ3n) is 2.99. The Morgan fingerprint density at radius 3 is 2.70 bits per heavy atom. The zero-order valence-corrected chi connectivity index (χ0v) is 11.1. The van der Waals surface area contributed by atoms with Gasteiger partial charge >= 0.3 is 12.0 Å². The van der Waals surface area contributed by atoms with Crippen LogP contribution in [0.3, 0.4) is 0 Å². The van der Waals surface area contributed by atoms with E-state index in [9.17, 15) is 9.59 Å². The minimum absolute atomic E-state index is 0.0147. The molecule has 0 aromatic heterocycles. The van der Waals surface area contributed by atoms with Crippen molar-refractivity contribution in [2.45, 2.75) is 18.9 Å². The van der Waals surface area contributed by atoms with Gasteiger partial charge < -0.3 is 15.7 Å². The molecule has 20 heavy (non-hydrogen) atoms. The predicted octanol–water partition coefficient (Wildman–Crippen LogP) is 2.20. The van der Waals surface area contributed by atoms with E-state index in [2.05, 4.69) is 10.6 Å². The Labute approximate surface area is 120 Å². The fourth-order valence-corrected chi connectivity index (χ4v) is 1.97. The van der Waals surface area contributed by atoms with Crippen molar-refractivity contribution in [1.82, 2.24) is 5.32 Å². The van der Waals surface area contributed by atoms with Crippen LogP contribution >= 0.6 is 11.6 Å². The van der Waals surface area contributed by atoms with E-state index >= 15 is 0 Å². The van der Waals surface area contributed by atoms with Crippen molar-refractivity contribution in [1.29, 1.82) is 5.26 Å². The molecule has 1 atom stereocenters. The highest BCUT2D eigenvalue weighted by atomic mass is 35.5. The number of nitrogens with zero attached hydrogens (tertiary/aromatic N) is 1. The lowest BCUT2D eigenvalue weighted by atomic mass is 10.2. The molecule has 0 radical (unpaired) electrons. The number of benzene rings is 1. The van der Waals surface area contributed by atoms with Crippen LogP contribution < -0.4 is 10.6 Å². The van der Waals surface area contributed by atoms with E-state index in [0.29, 0.717) is 5.56 Å². The van der Waals surface area contributed by atoms with Gasteiger partial charge in [0.1, 0.15) is 6.04 Å². The molecule has 2 amide bonds. The smallest absolute Gasteiger partial charge is 0.326 e. The van der Waals surface area contributed by atoms with Crippen molar-refractivity contribution in [2.75, 3.05) is 5.32 Å². The van der Waals surface area contributed by atoms with E-state index in [0.717, 1.165) is 12.8 Å². The molecule has 1 unspecified atom stereocenters. The Kier molecular flexibility index (Phi) is 4.11. The van der Waals surface area contributed by atoms with Crippen molar-refractivity contribution in [2.24, 2.45) is 5.92 Å². The number of urea groups is 1. The third-order valence-corrected chi connectivity index (χ3v) is 3.32. The second kappa shape index (κ2) is 5.80. The van der Waals surface area contributed by atoms with E-state index in [-0.39, 0.29) is 16.6 Å². The minimum Gasteiger partial charge on any atom is -0.480 e. The summed E-state index contributed by atoms with van der Waals surface area (Å²) in [7, 11) is 0. The molecule has 1 fully saturated rings. The zero-order chi connectivity index (χ0) is 14.7. The van der Waals surface area contributed by atoms with E-state index in [1.54, 1.807) is 0 Å². The van der Waals surface area contributed by atoms with Gasteiger partial charge in [-0.3, -0.25) is 0 Å². The van der Waals surface area contributed by atoms with Crippen molar-refractivity contribution >= 4 is 29.3 Å². The first kappa shape index (κ1) is 14.2. The maximum Gasteiger partial charge on any atom is 0.326 e. The Balaban J connectivity index is 2.04. The quantitative estimate of drug-likeness (QED) is 0.792. The van der Waals surface area contributed by atoms with Gasteiger partial charge in [0.05, 0.1) is 22.3 Å². The number of carbonyl (C=O) groups excluding carboxylic acids is 1. The number of carbonyl (C=O) groups is 2. The highest BCUT2D eigenvalue weighted by molar-refractivity contribution is 6.33. The van der Waals surface area contributed by atoms with Crippen molar-refractivity contribution < 1.29 is 14.7 Å². The largest absolute Gasteiger partial charge is 0.480 e. The Bertz CT molecular complexity index is 593. The summed E-state index contributed by atoms with van der Waals surface area (Å²) in [4.78, 5) is 22.8. The Morgan fingerprint density at radius 2 is 2.15 bits per heavy atom. The summed E-state index contributed by atoms with van der Waals surface area (Å²) in [6.45, 7) is 0. The Morgan fingerprint density at radius 1 is 1.45 bits per heavy atom. The zero-order valence-electron chi connectivity index (χ0n) is 10.4. The maximum atomic E-state index is 11.8. The average molecular weight is 294 g/mol. The molecule has 0 spiro atoms. The second-order valence-electron chi connectivity index (χ2n) is 4.56. The van der Waals surface area contributed by atoms with Gasteiger partial charge in [-0.05, 0) is 37.0 Å². The highest BCUT2D eigenvalue weighted by Crippen LogP contribution is 2.32. The van der Waals surface area contributed by atoms with Gasteiger partial charge in [-0.1, -0.05) is 11.6 Å². The summed E-state index contributed by atoms with van der Waals surface area (Å²) in [5.41, 5.74) is 0.616. The molecule has 1 saturated carbocycles. The molecular weight excluding hydrogens is 282 g/mol. The van der Waals surface area contributed by atoms with Gasteiger partial charge in [-0.25, -0.2) is 9.59 Å². The molecule has 1 aromatic rings. The van der Waals surface area contributed by atoms with Crippen LogP contribution in [0.5, 0.6) is 0 Å². The molecule has 1 aromatic carbocycles. The summed E-state index contributed by atoms with van der Waals surface area (Å²) in [5, 5.41) is 22.9. The van der Waals surface area contributed by atoms with Crippen LogP contribution in [0, 0.1) is 17.2 Å². The molecule has 1 aliphatic rings. The minimum atomic E-state index is -1.06. The molecule has 0 heterocycles. The third kappa shape index (κ3) is 3.39. The van der Waals surface area contributed by atoms with E-state index < -0.39 is 18.0 Å². The predicted molar refractivity (Wildman–Crippen MR) is 72.5 cm³/mol. The topological polar surface area (TPSA) is 102 Å². The number of hydrogen-bond acceptors (Lipinski definition) is 3. The molecule has 7 heteroatoms. The number of anilines is 1. The monoisotopic (exact) mass is 293 g/mol. The summed E-state index contributed by atoms with van der Waals surface area (Å²) in [6, 6.07) is 4.82. The number of nitrogens with one attached hydrogen (secondary N) is 2. The first-order chi connectivity index (χ1) is 9.51. The lowest BCUT2D eigenvalue weighted by molar-refractivity contribution is -0.139. The van der Waals surface area contributed by atoms with Gasteiger partial charge in [0, 0.05) is 0 Å². The van der Waals surface area contributed by atoms with Crippen LogP contribution in [0.1, 0.15) is 18.4 Å². The lowest BCUT2D eigenvalue weighted by Crippen LogP contribution is -2.44. The molecule has 0 aliphatic heterocycles. The van der Waals surface area contributed by atoms with Gasteiger partial charge in [0.25, 0.3) is 0 Å². The number of rotatable bonds is 4. The second-order valence-corrected chi connectivity index (χ2v) is 4.97. The molecule has 6 nitrogen and oxygen atoms in total. The molecule has 0 saturated heterocycles. The number of aliphatic carboxylic acids is 1. The standard InChI is InChI=1S/C13H12ClN3O3/c14-9-4-1-7(6-15)5-10(9)16-13(20)17-11(12(18)19)8-2-3-8/h1,4-5,8,11H,2-3H2,(H,18,19)(H2,16,17,20). The molecule has 1 aliphatic carbocycles. The summed E-state index contributed by atoms with van der Waals surface area (Å²) >= 11 is 5.90. The SMILES string of the molecule is N#Cc1ccc(Cl)c(NC(=O)NC(C(=O)O)C2CC2)c1. The summed E-state index contributed by atoms with van der Waals surface area (Å²) in [6.07, 6.45) is 1.59. The number of carboxylic acid groups (broad SMARTS) is 1. The number of carboxylic acids is 1. The van der Waals surface area contributed by atoms with E-state index in [4.69, 9.17) is 22.0 Å². The van der Waals surface area contributed by atoms with Gasteiger partial charge in [0.2, 0.25) is 0 Å². The lowest BCUT2D eigenvalue weighted by Gasteiger charge is -2.15. The fourth-order valence-electron chi connectivity index (χ4n) is 1.80. The number of halogens is 1. The van der Waals surface area contributed by atoms with Crippen molar-refractivity contribution in [3.8, 4) is 6.07 Å². The summed E-state index contributed by atoms with van der Waals surface area (Å²) in [5.74, 6) is -1.07. The van der Waals surface area contributed by atoms with Crippen LogP contribution in [0.15, 0.2) is 18.2 Å². The molecule has 2 rings (SSSR count). The molecule has 3 N–H and O–H groups in total. The number of nitriles is 1. The van der Waals surface area contributed by atoms with Gasteiger partial charge in [-0.2, -0.15) is 5.26 Å². The number of hydrogen-bond donors (Lipinski definition) is 3. The first-order valence-corrected chi connectivity index (χ1v) is 6.39. The molecule has 0 bridgehead atoms. The first-order valence-electron chi connectivity index (χ1n) is 6.01.